The minimum Gasteiger partial charge on any atom is -0.497 e. The lowest BCUT2D eigenvalue weighted by Gasteiger charge is -2.05. The minimum atomic E-state index is -0.0882. The van der Waals surface area contributed by atoms with Crippen LogP contribution in [0.3, 0.4) is 0 Å². The molecule has 3 rings (SSSR count). The summed E-state index contributed by atoms with van der Waals surface area (Å²) < 4.78 is 5.18. The summed E-state index contributed by atoms with van der Waals surface area (Å²) in [6.45, 7) is 4.14. The van der Waals surface area contributed by atoms with E-state index < -0.39 is 0 Å². The molecule has 2 aromatic carbocycles. The van der Waals surface area contributed by atoms with Crippen molar-refractivity contribution in [3.8, 4) is 17.0 Å². The number of carbonyl (C=O) groups excluding carboxylic acids is 1. The van der Waals surface area contributed by atoms with Crippen molar-refractivity contribution in [1.82, 2.24) is 4.98 Å². The van der Waals surface area contributed by atoms with Crippen LogP contribution < -0.4 is 10.1 Å². The van der Waals surface area contributed by atoms with Gasteiger partial charge in [-0.05, 0) is 37.1 Å². The van der Waals surface area contributed by atoms with Crippen molar-refractivity contribution in [3.63, 3.8) is 0 Å². The number of aryl methyl sites for hydroxylation is 2. The van der Waals surface area contributed by atoms with Crippen LogP contribution in [0.1, 0.15) is 16.7 Å². The summed E-state index contributed by atoms with van der Waals surface area (Å²) in [5.74, 6) is 0.659. The van der Waals surface area contributed by atoms with Crippen LogP contribution in [0.4, 0.5) is 5.13 Å². The molecule has 1 amide bonds. The molecule has 0 aliphatic heterocycles. The zero-order valence-corrected chi connectivity index (χ0v) is 15.3. The topological polar surface area (TPSA) is 51.2 Å². The first-order chi connectivity index (χ1) is 12.0. The molecular weight excluding hydrogens is 332 g/mol. The van der Waals surface area contributed by atoms with Crippen molar-refractivity contribution >= 4 is 22.4 Å². The number of benzene rings is 2. The number of methoxy groups -OCH3 is 1. The van der Waals surface area contributed by atoms with Crippen molar-refractivity contribution in [1.29, 1.82) is 0 Å². The molecule has 0 aliphatic rings. The second kappa shape index (κ2) is 7.49. The van der Waals surface area contributed by atoms with Gasteiger partial charge < -0.3 is 10.1 Å². The number of aromatic nitrogens is 1. The monoisotopic (exact) mass is 352 g/mol. The standard InChI is InChI=1S/C20H20N2O2S/c1-13-7-8-17(14(2)9-13)18-12-25-20(21-18)22-19(23)11-15-5-4-6-16(10-15)24-3/h4-10,12H,11H2,1-3H3,(H,21,22,23). The van der Waals surface area contributed by atoms with Gasteiger partial charge in [-0.2, -0.15) is 0 Å². The number of hydrogen-bond donors (Lipinski definition) is 1. The maximum atomic E-state index is 12.3. The number of amides is 1. The predicted molar refractivity (Wildman–Crippen MR) is 102 cm³/mol. The fourth-order valence-electron chi connectivity index (χ4n) is 2.69. The summed E-state index contributed by atoms with van der Waals surface area (Å²) >= 11 is 1.44. The predicted octanol–water partition coefficient (Wildman–Crippen LogP) is 4.62. The van der Waals surface area contributed by atoms with E-state index in [1.54, 1.807) is 7.11 Å². The molecule has 0 saturated heterocycles. The number of ether oxygens (including phenoxy) is 1. The number of carbonyl (C=O) groups is 1. The highest BCUT2D eigenvalue weighted by atomic mass is 32.1. The van der Waals surface area contributed by atoms with Gasteiger partial charge in [0.15, 0.2) is 5.13 Å². The van der Waals surface area contributed by atoms with E-state index in [2.05, 4.69) is 42.3 Å². The Labute approximate surface area is 151 Å². The second-order valence-electron chi connectivity index (χ2n) is 5.93. The van der Waals surface area contributed by atoms with Crippen LogP contribution in [0, 0.1) is 13.8 Å². The molecule has 1 aromatic heterocycles. The molecule has 0 fully saturated rings. The van der Waals surface area contributed by atoms with Crippen LogP contribution in [0.15, 0.2) is 47.8 Å². The van der Waals surface area contributed by atoms with Crippen LogP contribution in [-0.2, 0) is 11.2 Å². The normalized spacial score (nSPS) is 10.5. The third-order valence-electron chi connectivity index (χ3n) is 3.91. The first kappa shape index (κ1) is 17.2. The molecule has 128 valence electrons. The molecule has 0 unspecified atom stereocenters. The highest BCUT2D eigenvalue weighted by Gasteiger charge is 2.10. The van der Waals surface area contributed by atoms with E-state index in [9.17, 15) is 4.79 Å². The van der Waals surface area contributed by atoms with Crippen molar-refractivity contribution in [3.05, 3.63) is 64.5 Å². The van der Waals surface area contributed by atoms with Crippen LogP contribution in [0.25, 0.3) is 11.3 Å². The lowest BCUT2D eigenvalue weighted by Crippen LogP contribution is -2.14. The van der Waals surface area contributed by atoms with E-state index in [1.807, 2.05) is 29.6 Å². The second-order valence-corrected chi connectivity index (χ2v) is 6.79. The van der Waals surface area contributed by atoms with Gasteiger partial charge in [-0.15, -0.1) is 11.3 Å². The average Bonchev–Trinajstić information content (AvgIpc) is 3.03. The van der Waals surface area contributed by atoms with Crippen molar-refractivity contribution in [2.24, 2.45) is 0 Å². The quantitative estimate of drug-likeness (QED) is 0.729. The molecule has 1 N–H and O–H groups in total. The summed E-state index contributed by atoms with van der Waals surface area (Å²) in [5.41, 5.74) is 5.29. The number of anilines is 1. The minimum absolute atomic E-state index is 0.0882. The molecule has 0 radical (unpaired) electrons. The van der Waals surface area contributed by atoms with E-state index in [4.69, 9.17) is 4.74 Å². The first-order valence-corrected chi connectivity index (χ1v) is 8.89. The number of thiazole rings is 1. The summed E-state index contributed by atoms with van der Waals surface area (Å²) in [6.07, 6.45) is 0.287. The van der Waals surface area contributed by atoms with Crippen LogP contribution in [-0.4, -0.2) is 18.0 Å². The van der Waals surface area contributed by atoms with Crippen molar-refractivity contribution in [2.45, 2.75) is 20.3 Å². The van der Waals surface area contributed by atoms with Gasteiger partial charge in [-0.3, -0.25) is 4.79 Å². The molecule has 0 bridgehead atoms. The Morgan fingerprint density at radius 1 is 1.20 bits per heavy atom. The largest absolute Gasteiger partial charge is 0.497 e. The average molecular weight is 352 g/mol. The highest BCUT2D eigenvalue weighted by Crippen LogP contribution is 2.28. The van der Waals surface area contributed by atoms with Crippen LogP contribution in [0.2, 0.25) is 0 Å². The van der Waals surface area contributed by atoms with Crippen LogP contribution >= 0.6 is 11.3 Å². The van der Waals surface area contributed by atoms with E-state index in [-0.39, 0.29) is 12.3 Å². The number of rotatable bonds is 5. The van der Waals surface area contributed by atoms with Gasteiger partial charge in [0.2, 0.25) is 5.91 Å². The molecular formula is C20H20N2O2S. The molecule has 0 saturated carbocycles. The maximum absolute atomic E-state index is 12.3. The zero-order valence-electron chi connectivity index (χ0n) is 14.5. The Bertz CT molecular complexity index is 902. The molecule has 5 heteroatoms. The number of nitrogens with one attached hydrogen (secondary N) is 1. The third-order valence-corrected chi connectivity index (χ3v) is 4.66. The Balaban J connectivity index is 1.69. The molecule has 0 atom stereocenters. The smallest absolute Gasteiger partial charge is 0.230 e. The lowest BCUT2D eigenvalue weighted by molar-refractivity contribution is -0.115. The molecule has 0 spiro atoms. The number of nitrogens with zero attached hydrogens (tertiary/aromatic N) is 1. The van der Waals surface area contributed by atoms with Gasteiger partial charge in [0.25, 0.3) is 0 Å². The molecule has 1 heterocycles. The fraction of sp³-hybridized carbons (Fsp3) is 0.200. The third kappa shape index (κ3) is 4.25. The summed E-state index contributed by atoms with van der Waals surface area (Å²) in [7, 11) is 1.61. The van der Waals surface area contributed by atoms with Gasteiger partial charge in [0.05, 0.1) is 19.2 Å². The molecule has 4 nitrogen and oxygen atoms in total. The Kier molecular flexibility index (Phi) is 5.14. The van der Waals surface area contributed by atoms with E-state index in [0.717, 1.165) is 22.6 Å². The Morgan fingerprint density at radius 2 is 2.04 bits per heavy atom. The van der Waals surface area contributed by atoms with E-state index in [1.165, 1.54) is 22.5 Å². The highest BCUT2D eigenvalue weighted by molar-refractivity contribution is 7.14. The summed E-state index contributed by atoms with van der Waals surface area (Å²) in [6, 6.07) is 13.8. The van der Waals surface area contributed by atoms with Gasteiger partial charge in [0.1, 0.15) is 5.75 Å². The molecule has 3 aromatic rings. The SMILES string of the molecule is COc1cccc(CC(=O)Nc2nc(-c3ccc(C)cc3C)cs2)c1. The maximum Gasteiger partial charge on any atom is 0.230 e. The number of hydrogen-bond acceptors (Lipinski definition) is 4. The zero-order chi connectivity index (χ0) is 17.8. The Morgan fingerprint density at radius 3 is 2.80 bits per heavy atom. The molecule has 25 heavy (non-hydrogen) atoms. The van der Waals surface area contributed by atoms with Crippen molar-refractivity contribution < 1.29 is 9.53 Å². The lowest BCUT2D eigenvalue weighted by atomic mass is 10.0. The van der Waals surface area contributed by atoms with Gasteiger partial charge in [0, 0.05) is 10.9 Å². The van der Waals surface area contributed by atoms with E-state index >= 15 is 0 Å². The fourth-order valence-corrected chi connectivity index (χ4v) is 3.41. The summed E-state index contributed by atoms with van der Waals surface area (Å²) in [4.78, 5) is 16.8. The van der Waals surface area contributed by atoms with Crippen molar-refractivity contribution in [2.75, 3.05) is 12.4 Å². The van der Waals surface area contributed by atoms with Gasteiger partial charge in [-0.1, -0.05) is 35.9 Å². The van der Waals surface area contributed by atoms with Gasteiger partial charge >= 0.3 is 0 Å². The summed E-state index contributed by atoms with van der Waals surface area (Å²) in [5, 5.41) is 5.46. The van der Waals surface area contributed by atoms with Crippen LogP contribution in [0.5, 0.6) is 5.75 Å². The first-order valence-electron chi connectivity index (χ1n) is 8.01. The Hall–Kier alpha value is -2.66. The van der Waals surface area contributed by atoms with Gasteiger partial charge in [-0.25, -0.2) is 4.98 Å². The molecule has 0 aliphatic carbocycles. The van der Waals surface area contributed by atoms with E-state index in [0.29, 0.717) is 5.13 Å².